The molecule has 3 heteroatoms. The molecular weight excluding hydrogens is 294 g/mol. The second kappa shape index (κ2) is 9.06. The number of unbranched alkanes of at least 4 members (excludes halogenated alkanes) is 1. The summed E-state index contributed by atoms with van der Waals surface area (Å²) in [4.78, 5) is 11.7. The fourth-order valence-electron chi connectivity index (χ4n) is 2.15. The van der Waals surface area contributed by atoms with E-state index in [1.807, 2.05) is 30.3 Å². The molecule has 0 radical (unpaired) electrons. The molecule has 22 heavy (non-hydrogen) atoms. The summed E-state index contributed by atoms with van der Waals surface area (Å²) in [5.74, 6) is -0.0837. The summed E-state index contributed by atoms with van der Waals surface area (Å²) in [6.07, 6.45) is 6.35. The maximum absolute atomic E-state index is 11.7. The first-order valence-electron chi connectivity index (χ1n) is 7.50. The van der Waals surface area contributed by atoms with Crippen LogP contribution in [0.25, 0.3) is 6.08 Å². The van der Waals surface area contributed by atoms with E-state index in [-0.39, 0.29) is 5.91 Å². The summed E-state index contributed by atoms with van der Waals surface area (Å²) in [7, 11) is 0. The van der Waals surface area contributed by atoms with Gasteiger partial charge in [0, 0.05) is 17.6 Å². The summed E-state index contributed by atoms with van der Waals surface area (Å²) in [6.45, 7) is 0.693. The first kappa shape index (κ1) is 16.3. The molecule has 2 rings (SSSR count). The highest BCUT2D eigenvalue weighted by Crippen LogP contribution is 2.15. The number of carbonyl (C=O) groups excluding carboxylic acids is 1. The molecule has 0 aliphatic heterocycles. The third kappa shape index (κ3) is 5.74. The molecule has 0 saturated heterocycles. The Labute approximate surface area is 136 Å². The minimum atomic E-state index is -0.0837. The number of amides is 1. The SMILES string of the molecule is O=C(/C=C/c1ccccc1Cl)NCCCCc1ccccc1. The minimum Gasteiger partial charge on any atom is -0.353 e. The van der Waals surface area contributed by atoms with E-state index in [4.69, 9.17) is 11.6 Å². The second-order valence-corrected chi connectivity index (χ2v) is 5.50. The normalized spacial score (nSPS) is 10.8. The van der Waals surface area contributed by atoms with Crippen molar-refractivity contribution < 1.29 is 4.79 Å². The van der Waals surface area contributed by atoms with Crippen LogP contribution in [0.4, 0.5) is 0 Å². The molecule has 0 aliphatic rings. The van der Waals surface area contributed by atoms with Crippen LogP contribution < -0.4 is 5.32 Å². The van der Waals surface area contributed by atoms with Crippen LogP contribution in [0.15, 0.2) is 60.7 Å². The van der Waals surface area contributed by atoms with Crippen LogP contribution in [0.5, 0.6) is 0 Å². The van der Waals surface area contributed by atoms with Crippen molar-refractivity contribution in [1.29, 1.82) is 0 Å². The zero-order chi connectivity index (χ0) is 15.6. The molecule has 0 aliphatic carbocycles. The monoisotopic (exact) mass is 313 g/mol. The molecular formula is C19H20ClNO. The minimum absolute atomic E-state index is 0.0837. The van der Waals surface area contributed by atoms with Crippen molar-refractivity contribution in [2.75, 3.05) is 6.54 Å². The van der Waals surface area contributed by atoms with E-state index in [2.05, 4.69) is 29.6 Å². The van der Waals surface area contributed by atoms with Gasteiger partial charge in [0.05, 0.1) is 0 Å². The first-order chi connectivity index (χ1) is 10.8. The molecule has 0 fully saturated rings. The number of halogens is 1. The molecule has 2 nitrogen and oxygen atoms in total. The van der Waals surface area contributed by atoms with Gasteiger partial charge in [0.15, 0.2) is 0 Å². The standard InChI is InChI=1S/C19H20ClNO/c20-18-12-5-4-11-17(18)13-14-19(22)21-15-7-6-10-16-8-2-1-3-9-16/h1-5,8-9,11-14H,6-7,10,15H2,(H,21,22)/b14-13+. The maximum Gasteiger partial charge on any atom is 0.243 e. The van der Waals surface area contributed by atoms with Gasteiger partial charge in [-0.1, -0.05) is 60.1 Å². The van der Waals surface area contributed by atoms with Crippen molar-refractivity contribution in [1.82, 2.24) is 5.32 Å². The molecule has 0 spiro atoms. The van der Waals surface area contributed by atoms with Gasteiger partial charge in [0.2, 0.25) is 5.91 Å². The molecule has 1 amide bonds. The number of rotatable bonds is 7. The van der Waals surface area contributed by atoms with E-state index in [0.717, 1.165) is 24.8 Å². The predicted octanol–water partition coefficient (Wildman–Crippen LogP) is 4.49. The number of aryl methyl sites for hydroxylation is 1. The summed E-state index contributed by atoms with van der Waals surface area (Å²) < 4.78 is 0. The van der Waals surface area contributed by atoms with Gasteiger partial charge in [-0.05, 0) is 42.5 Å². The van der Waals surface area contributed by atoms with Crippen molar-refractivity contribution in [3.05, 3.63) is 76.8 Å². The molecule has 0 atom stereocenters. The summed E-state index contributed by atoms with van der Waals surface area (Å²) in [5, 5.41) is 3.54. The Morgan fingerprint density at radius 2 is 1.73 bits per heavy atom. The molecule has 2 aromatic rings. The smallest absolute Gasteiger partial charge is 0.243 e. The average molecular weight is 314 g/mol. The summed E-state index contributed by atoms with van der Waals surface area (Å²) in [5.41, 5.74) is 2.19. The van der Waals surface area contributed by atoms with E-state index in [1.54, 1.807) is 6.08 Å². The van der Waals surface area contributed by atoms with E-state index in [1.165, 1.54) is 11.6 Å². The van der Waals surface area contributed by atoms with Gasteiger partial charge in [0.25, 0.3) is 0 Å². The molecule has 2 aromatic carbocycles. The van der Waals surface area contributed by atoms with Crippen molar-refractivity contribution in [3.8, 4) is 0 Å². The Hall–Kier alpha value is -2.06. The number of benzene rings is 2. The summed E-state index contributed by atoms with van der Waals surface area (Å²) >= 11 is 6.03. The van der Waals surface area contributed by atoms with Crippen LogP contribution in [0.2, 0.25) is 5.02 Å². The fraction of sp³-hybridized carbons (Fsp3) is 0.211. The molecule has 0 heterocycles. The highest BCUT2D eigenvalue weighted by atomic mass is 35.5. The maximum atomic E-state index is 11.7. The van der Waals surface area contributed by atoms with Crippen molar-refractivity contribution >= 4 is 23.6 Å². The Balaban J connectivity index is 1.65. The summed E-state index contributed by atoms with van der Waals surface area (Å²) in [6, 6.07) is 17.8. The number of hydrogen-bond donors (Lipinski definition) is 1. The van der Waals surface area contributed by atoms with Gasteiger partial charge in [0.1, 0.15) is 0 Å². The lowest BCUT2D eigenvalue weighted by Gasteiger charge is -2.03. The lowest BCUT2D eigenvalue weighted by atomic mass is 10.1. The van der Waals surface area contributed by atoms with Gasteiger partial charge >= 0.3 is 0 Å². The van der Waals surface area contributed by atoms with Crippen LogP contribution >= 0.6 is 11.6 Å². The van der Waals surface area contributed by atoms with Crippen LogP contribution in [0, 0.1) is 0 Å². The van der Waals surface area contributed by atoms with Crippen LogP contribution in [0.3, 0.4) is 0 Å². The quantitative estimate of drug-likeness (QED) is 0.592. The third-order valence-corrected chi connectivity index (χ3v) is 3.70. The first-order valence-corrected chi connectivity index (χ1v) is 7.88. The predicted molar refractivity (Wildman–Crippen MR) is 92.9 cm³/mol. The largest absolute Gasteiger partial charge is 0.353 e. The highest BCUT2D eigenvalue weighted by Gasteiger charge is 1.98. The van der Waals surface area contributed by atoms with Gasteiger partial charge < -0.3 is 5.32 Å². The van der Waals surface area contributed by atoms with Crippen LogP contribution in [0.1, 0.15) is 24.0 Å². The lowest BCUT2D eigenvalue weighted by molar-refractivity contribution is -0.116. The van der Waals surface area contributed by atoms with Crippen molar-refractivity contribution in [3.63, 3.8) is 0 Å². The Kier molecular flexibility index (Phi) is 6.72. The van der Waals surface area contributed by atoms with Gasteiger partial charge in [-0.25, -0.2) is 0 Å². The Morgan fingerprint density at radius 1 is 1.00 bits per heavy atom. The van der Waals surface area contributed by atoms with Crippen LogP contribution in [-0.2, 0) is 11.2 Å². The zero-order valence-corrected chi connectivity index (χ0v) is 13.2. The van der Waals surface area contributed by atoms with Crippen LogP contribution in [-0.4, -0.2) is 12.5 Å². The van der Waals surface area contributed by atoms with Gasteiger partial charge in [-0.15, -0.1) is 0 Å². The molecule has 0 aromatic heterocycles. The third-order valence-electron chi connectivity index (χ3n) is 3.35. The van der Waals surface area contributed by atoms with E-state index in [9.17, 15) is 4.79 Å². The number of nitrogens with one attached hydrogen (secondary N) is 1. The van der Waals surface area contributed by atoms with E-state index < -0.39 is 0 Å². The van der Waals surface area contributed by atoms with E-state index >= 15 is 0 Å². The molecule has 0 unspecified atom stereocenters. The average Bonchev–Trinajstić information content (AvgIpc) is 2.55. The molecule has 114 valence electrons. The lowest BCUT2D eigenvalue weighted by Crippen LogP contribution is -2.22. The molecule has 0 bridgehead atoms. The number of hydrogen-bond acceptors (Lipinski definition) is 1. The fourth-order valence-corrected chi connectivity index (χ4v) is 2.34. The Bertz CT molecular complexity index is 622. The van der Waals surface area contributed by atoms with Crippen molar-refractivity contribution in [2.24, 2.45) is 0 Å². The Morgan fingerprint density at radius 3 is 2.50 bits per heavy atom. The van der Waals surface area contributed by atoms with E-state index in [0.29, 0.717) is 11.6 Å². The van der Waals surface area contributed by atoms with Crippen molar-refractivity contribution in [2.45, 2.75) is 19.3 Å². The highest BCUT2D eigenvalue weighted by molar-refractivity contribution is 6.32. The number of carbonyl (C=O) groups is 1. The van der Waals surface area contributed by atoms with Gasteiger partial charge in [-0.2, -0.15) is 0 Å². The molecule has 1 N–H and O–H groups in total. The zero-order valence-electron chi connectivity index (χ0n) is 12.5. The molecule has 0 saturated carbocycles. The topological polar surface area (TPSA) is 29.1 Å². The second-order valence-electron chi connectivity index (χ2n) is 5.09. The van der Waals surface area contributed by atoms with Gasteiger partial charge in [-0.3, -0.25) is 4.79 Å².